The first-order valence-corrected chi connectivity index (χ1v) is 4.07. The number of nitrogens with one attached hydrogen (secondary N) is 1. The van der Waals surface area contributed by atoms with E-state index in [2.05, 4.69) is 5.32 Å². The number of carbonyl (C=O) groups is 1. The molecule has 0 spiro atoms. The van der Waals surface area contributed by atoms with Gasteiger partial charge in [0.25, 0.3) is 0 Å². The molecule has 0 saturated carbocycles. The highest BCUT2D eigenvalue weighted by Gasteiger charge is 2.06. The Balaban J connectivity index is 3.36. The van der Waals surface area contributed by atoms with Gasteiger partial charge in [-0.2, -0.15) is 0 Å². The van der Waals surface area contributed by atoms with E-state index >= 15 is 0 Å². The van der Waals surface area contributed by atoms with E-state index < -0.39 is 6.23 Å². The van der Waals surface area contributed by atoms with Crippen molar-refractivity contribution in [2.24, 2.45) is 0 Å². The van der Waals surface area contributed by atoms with E-state index in [0.29, 0.717) is 6.42 Å². The monoisotopic (exact) mass is 159 g/mol. The van der Waals surface area contributed by atoms with Crippen LogP contribution in [0.2, 0.25) is 0 Å². The van der Waals surface area contributed by atoms with Gasteiger partial charge in [0.15, 0.2) is 0 Å². The fraction of sp³-hybridized carbons (Fsp3) is 0.875. The molecule has 3 nitrogen and oxygen atoms in total. The maximum Gasteiger partial charge on any atom is 0.136 e. The molecule has 0 aliphatic heterocycles. The molecular formula is C8H17NO2. The average Bonchev–Trinajstić information content (AvgIpc) is 2.00. The minimum absolute atomic E-state index is 0.133. The van der Waals surface area contributed by atoms with Crippen molar-refractivity contribution in [3.8, 4) is 0 Å². The van der Waals surface area contributed by atoms with E-state index in [-0.39, 0.29) is 12.2 Å². The summed E-state index contributed by atoms with van der Waals surface area (Å²) in [5.74, 6) is 0.133. The fourth-order valence-corrected chi connectivity index (χ4v) is 0.794. The molecule has 0 heterocycles. The van der Waals surface area contributed by atoms with E-state index in [9.17, 15) is 4.79 Å². The van der Waals surface area contributed by atoms with Gasteiger partial charge < -0.3 is 5.11 Å². The van der Waals surface area contributed by atoms with Crippen molar-refractivity contribution >= 4 is 5.78 Å². The average molecular weight is 159 g/mol. The van der Waals surface area contributed by atoms with Crippen LogP contribution in [0.15, 0.2) is 0 Å². The van der Waals surface area contributed by atoms with Crippen molar-refractivity contribution < 1.29 is 9.90 Å². The first-order chi connectivity index (χ1) is 5.20. The van der Waals surface area contributed by atoms with Crippen molar-refractivity contribution in [3.05, 3.63) is 0 Å². The molecule has 0 aromatic rings. The second kappa shape index (κ2) is 6.31. The first-order valence-electron chi connectivity index (χ1n) is 4.07. The van der Waals surface area contributed by atoms with Crippen LogP contribution in [0.4, 0.5) is 0 Å². The van der Waals surface area contributed by atoms with Crippen LogP contribution in [0.1, 0.15) is 32.6 Å². The van der Waals surface area contributed by atoms with Gasteiger partial charge in [-0.15, -0.1) is 0 Å². The predicted octanol–water partition coefficient (Wildman–Crippen LogP) is 0.674. The van der Waals surface area contributed by atoms with Crippen molar-refractivity contribution in [2.45, 2.75) is 38.8 Å². The maximum atomic E-state index is 11.0. The van der Waals surface area contributed by atoms with Crippen molar-refractivity contribution in [2.75, 3.05) is 7.05 Å². The van der Waals surface area contributed by atoms with Gasteiger partial charge in [-0.25, -0.2) is 0 Å². The lowest BCUT2D eigenvalue weighted by Gasteiger charge is -2.06. The predicted molar refractivity (Wildman–Crippen MR) is 44.2 cm³/mol. The molecule has 0 aliphatic carbocycles. The molecule has 0 aromatic carbocycles. The fourth-order valence-electron chi connectivity index (χ4n) is 0.794. The van der Waals surface area contributed by atoms with Gasteiger partial charge in [-0.3, -0.25) is 10.1 Å². The quantitative estimate of drug-likeness (QED) is 0.560. The molecule has 0 aliphatic rings. The van der Waals surface area contributed by atoms with E-state index in [1.54, 1.807) is 7.05 Å². The highest BCUT2D eigenvalue weighted by atomic mass is 16.3. The van der Waals surface area contributed by atoms with E-state index in [0.717, 1.165) is 12.8 Å². The summed E-state index contributed by atoms with van der Waals surface area (Å²) in [6.07, 6.45) is 2.11. The van der Waals surface area contributed by atoms with Crippen LogP contribution in [0.25, 0.3) is 0 Å². The summed E-state index contributed by atoms with van der Waals surface area (Å²) in [5, 5.41) is 11.6. The molecular weight excluding hydrogens is 142 g/mol. The molecule has 0 rings (SSSR count). The number of aliphatic hydroxyl groups excluding tert-OH is 1. The SMILES string of the molecule is CCCCC(=O)CC(O)NC. The van der Waals surface area contributed by atoms with Gasteiger partial charge in [0.1, 0.15) is 12.0 Å². The number of hydrogen-bond acceptors (Lipinski definition) is 3. The van der Waals surface area contributed by atoms with Gasteiger partial charge in [-0.1, -0.05) is 13.3 Å². The summed E-state index contributed by atoms with van der Waals surface area (Å²) in [5.41, 5.74) is 0. The molecule has 1 unspecified atom stereocenters. The Labute approximate surface area is 67.8 Å². The second-order valence-electron chi connectivity index (χ2n) is 2.65. The van der Waals surface area contributed by atoms with Crippen LogP contribution >= 0.6 is 0 Å². The number of carbonyl (C=O) groups excluding carboxylic acids is 1. The molecule has 11 heavy (non-hydrogen) atoms. The Hall–Kier alpha value is -0.410. The smallest absolute Gasteiger partial charge is 0.136 e. The van der Waals surface area contributed by atoms with Crippen LogP contribution in [-0.2, 0) is 4.79 Å². The molecule has 0 amide bonds. The summed E-state index contributed by atoms with van der Waals surface area (Å²) in [6.45, 7) is 2.04. The van der Waals surface area contributed by atoms with Crippen LogP contribution in [0.3, 0.4) is 0 Å². The Bertz CT molecular complexity index is 115. The van der Waals surface area contributed by atoms with Crippen molar-refractivity contribution in [1.82, 2.24) is 5.32 Å². The molecule has 1 atom stereocenters. The van der Waals surface area contributed by atoms with Gasteiger partial charge in [0.2, 0.25) is 0 Å². The Morgan fingerprint density at radius 2 is 2.27 bits per heavy atom. The molecule has 0 saturated heterocycles. The van der Waals surface area contributed by atoms with E-state index in [1.165, 1.54) is 0 Å². The summed E-state index contributed by atoms with van der Waals surface area (Å²) < 4.78 is 0. The lowest BCUT2D eigenvalue weighted by Crippen LogP contribution is -2.27. The van der Waals surface area contributed by atoms with Gasteiger partial charge in [-0.05, 0) is 13.5 Å². The highest BCUT2D eigenvalue weighted by molar-refractivity contribution is 5.78. The normalized spacial score (nSPS) is 13.0. The Morgan fingerprint density at radius 1 is 1.64 bits per heavy atom. The summed E-state index contributed by atoms with van der Waals surface area (Å²) >= 11 is 0. The minimum atomic E-state index is -0.667. The third-order valence-corrected chi connectivity index (χ3v) is 1.56. The first kappa shape index (κ1) is 10.6. The van der Waals surface area contributed by atoms with Crippen LogP contribution in [0, 0.1) is 0 Å². The number of unbranched alkanes of at least 4 members (excludes halogenated alkanes) is 1. The summed E-state index contributed by atoms with van der Waals surface area (Å²) in [4.78, 5) is 11.0. The maximum absolute atomic E-state index is 11.0. The minimum Gasteiger partial charge on any atom is -0.378 e. The van der Waals surface area contributed by atoms with Crippen LogP contribution in [0.5, 0.6) is 0 Å². The van der Waals surface area contributed by atoms with Crippen molar-refractivity contribution in [3.63, 3.8) is 0 Å². The van der Waals surface area contributed by atoms with E-state index in [4.69, 9.17) is 5.11 Å². The third-order valence-electron chi connectivity index (χ3n) is 1.56. The van der Waals surface area contributed by atoms with Crippen LogP contribution < -0.4 is 5.32 Å². The Kier molecular flexibility index (Phi) is 6.07. The Morgan fingerprint density at radius 3 is 2.73 bits per heavy atom. The summed E-state index contributed by atoms with van der Waals surface area (Å²) in [6, 6.07) is 0. The molecule has 2 N–H and O–H groups in total. The molecule has 0 radical (unpaired) electrons. The molecule has 3 heteroatoms. The second-order valence-corrected chi connectivity index (χ2v) is 2.65. The number of Topliss-reactive ketones (excluding diaryl/α,β-unsaturated/α-hetero) is 1. The number of rotatable bonds is 6. The lowest BCUT2D eigenvalue weighted by atomic mass is 10.1. The zero-order valence-corrected chi connectivity index (χ0v) is 7.26. The summed E-state index contributed by atoms with van der Waals surface area (Å²) in [7, 11) is 1.64. The van der Waals surface area contributed by atoms with Gasteiger partial charge in [0.05, 0.1) is 0 Å². The molecule has 0 fully saturated rings. The molecule has 0 aromatic heterocycles. The number of hydrogen-bond donors (Lipinski definition) is 2. The van der Waals surface area contributed by atoms with Crippen molar-refractivity contribution in [1.29, 1.82) is 0 Å². The van der Waals surface area contributed by atoms with Gasteiger partial charge in [0, 0.05) is 12.8 Å². The van der Waals surface area contributed by atoms with Crippen LogP contribution in [-0.4, -0.2) is 24.2 Å². The third kappa shape index (κ3) is 6.01. The zero-order valence-electron chi connectivity index (χ0n) is 7.26. The lowest BCUT2D eigenvalue weighted by molar-refractivity contribution is -0.121. The van der Waals surface area contributed by atoms with E-state index in [1.807, 2.05) is 6.92 Å². The largest absolute Gasteiger partial charge is 0.378 e. The molecule has 66 valence electrons. The molecule has 0 bridgehead atoms. The number of ketones is 1. The van der Waals surface area contributed by atoms with Gasteiger partial charge >= 0.3 is 0 Å². The number of aliphatic hydroxyl groups is 1. The topological polar surface area (TPSA) is 49.3 Å². The standard InChI is InChI=1S/C8H17NO2/c1-3-4-5-7(10)6-8(11)9-2/h8-9,11H,3-6H2,1-2H3. The zero-order chi connectivity index (χ0) is 8.69. The highest BCUT2D eigenvalue weighted by Crippen LogP contribution is 1.99.